The third-order valence-electron chi connectivity index (χ3n) is 1.61. The van der Waals surface area contributed by atoms with Gasteiger partial charge in [-0.1, -0.05) is 0 Å². The van der Waals surface area contributed by atoms with Gasteiger partial charge in [0, 0.05) is 6.54 Å². The Balaban J connectivity index is 2.41. The second-order valence-electron chi connectivity index (χ2n) is 2.30. The van der Waals surface area contributed by atoms with Crippen LogP contribution in [0.15, 0.2) is 0 Å². The molecule has 0 aromatic rings. The molecule has 50 valence electrons. The molecule has 1 aliphatic heterocycles. The first kappa shape index (κ1) is 6.53. The monoisotopic (exact) mass is 126 g/mol. The average molecular weight is 126 g/mol. The minimum atomic E-state index is -0.406. The largest absolute Gasteiger partial charge is 0.392 e. The number of nitrogens with zero attached hydrogens (tertiary/aromatic N) is 1. The maximum absolute atomic E-state index is 9.11. The number of nitriles is 1. The number of hydrogen-bond acceptors (Lipinski definition) is 3. The number of aliphatic hydroxyl groups excluding tert-OH is 1. The molecule has 0 radical (unpaired) electrons. The molecule has 3 heteroatoms. The fraction of sp³-hybridized carbons (Fsp3) is 0.833. The van der Waals surface area contributed by atoms with E-state index in [1.54, 1.807) is 0 Å². The Morgan fingerprint density at radius 1 is 1.67 bits per heavy atom. The first-order valence-electron chi connectivity index (χ1n) is 3.13. The molecular weight excluding hydrogens is 116 g/mol. The van der Waals surface area contributed by atoms with Gasteiger partial charge in [0.1, 0.15) is 0 Å². The van der Waals surface area contributed by atoms with Gasteiger partial charge in [0.25, 0.3) is 0 Å². The lowest BCUT2D eigenvalue weighted by Gasteiger charge is -2.22. The average Bonchev–Trinajstić information content (AvgIpc) is 1.89. The normalized spacial score (nSPS) is 35.6. The van der Waals surface area contributed by atoms with E-state index in [1.165, 1.54) is 0 Å². The highest BCUT2D eigenvalue weighted by Crippen LogP contribution is 2.08. The number of piperidine rings is 1. The van der Waals surface area contributed by atoms with Crippen molar-refractivity contribution in [3.8, 4) is 6.07 Å². The predicted octanol–water partition coefficient (Wildman–Crippen LogP) is -0.520. The summed E-state index contributed by atoms with van der Waals surface area (Å²) in [6.45, 7) is 1.47. The number of nitrogens with one attached hydrogen (secondary N) is 1. The molecule has 1 rings (SSSR count). The van der Waals surface area contributed by atoms with Gasteiger partial charge in [0.2, 0.25) is 0 Å². The molecule has 2 atom stereocenters. The molecule has 3 nitrogen and oxygen atoms in total. The van der Waals surface area contributed by atoms with Gasteiger partial charge in [-0.25, -0.2) is 0 Å². The van der Waals surface area contributed by atoms with Crippen molar-refractivity contribution in [2.75, 3.05) is 13.1 Å². The fourth-order valence-corrected chi connectivity index (χ4v) is 0.976. The van der Waals surface area contributed by atoms with E-state index >= 15 is 0 Å². The summed E-state index contributed by atoms with van der Waals surface area (Å²) in [6, 6.07) is 2.04. The van der Waals surface area contributed by atoms with E-state index in [4.69, 9.17) is 10.4 Å². The van der Waals surface area contributed by atoms with Crippen molar-refractivity contribution in [1.82, 2.24) is 5.32 Å². The van der Waals surface area contributed by atoms with Crippen molar-refractivity contribution in [3.63, 3.8) is 0 Å². The third-order valence-corrected chi connectivity index (χ3v) is 1.61. The zero-order chi connectivity index (χ0) is 6.69. The maximum atomic E-state index is 9.11. The molecule has 0 aliphatic carbocycles. The van der Waals surface area contributed by atoms with Crippen LogP contribution in [0, 0.1) is 17.2 Å². The second-order valence-corrected chi connectivity index (χ2v) is 2.30. The van der Waals surface area contributed by atoms with Crippen molar-refractivity contribution in [3.05, 3.63) is 0 Å². The summed E-state index contributed by atoms with van der Waals surface area (Å²) in [6.07, 6.45) is 0.300. The third kappa shape index (κ3) is 1.41. The summed E-state index contributed by atoms with van der Waals surface area (Å²) in [4.78, 5) is 0. The molecule has 1 saturated heterocycles. The zero-order valence-electron chi connectivity index (χ0n) is 5.17. The number of rotatable bonds is 0. The van der Waals surface area contributed by atoms with Gasteiger partial charge in [0.15, 0.2) is 0 Å². The van der Waals surface area contributed by atoms with Crippen LogP contribution in [0.3, 0.4) is 0 Å². The van der Waals surface area contributed by atoms with Crippen LogP contribution in [0.2, 0.25) is 0 Å². The van der Waals surface area contributed by atoms with E-state index < -0.39 is 6.10 Å². The summed E-state index contributed by atoms with van der Waals surface area (Å²) >= 11 is 0. The van der Waals surface area contributed by atoms with E-state index in [9.17, 15) is 0 Å². The molecule has 2 N–H and O–H groups in total. The van der Waals surface area contributed by atoms with Crippen LogP contribution in [-0.4, -0.2) is 24.3 Å². The Kier molecular flexibility index (Phi) is 2.04. The van der Waals surface area contributed by atoms with Crippen LogP contribution in [0.25, 0.3) is 0 Å². The molecule has 1 heterocycles. The van der Waals surface area contributed by atoms with Crippen LogP contribution in [0.1, 0.15) is 6.42 Å². The van der Waals surface area contributed by atoms with Crippen molar-refractivity contribution in [2.24, 2.45) is 5.92 Å². The summed E-state index contributed by atoms with van der Waals surface area (Å²) < 4.78 is 0. The Hall–Kier alpha value is -0.590. The lowest BCUT2D eigenvalue weighted by molar-refractivity contribution is 0.105. The van der Waals surface area contributed by atoms with Crippen LogP contribution < -0.4 is 5.32 Å². The van der Waals surface area contributed by atoms with Crippen molar-refractivity contribution in [2.45, 2.75) is 12.5 Å². The summed E-state index contributed by atoms with van der Waals surface area (Å²) in [7, 11) is 0. The molecule has 0 aromatic carbocycles. The van der Waals surface area contributed by atoms with E-state index in [0.717, 1.165) is 6.54 Å². The van der Waals surface area contributed by atoms with Crippen molar-refractivity contribution in [1.29, 1.82) is 5.26 Å². The Morgan fingerprint density at radius 2 is 2.44 bits per heavy atom. The van der Waals surface area contributed by atoms with Gasteiger partial charge in [0.05, 0.1) is 18.1 Å². The van der Waals surface area contributed by atoms with Crippen LogP contribution in [0.4, 0.5) is 0 Å². The minimum absolute atomic E-state index is 0.196. The lowest BCUT2D eigenvalue weighted by Crippen LogP contribution is -2.38. The smallest absolute Gasteiger partial charge is 0.0847 e. The summed E-state index contributed by atoms with van der Waals surface area (Å²) in [5.74, 6) is -0.196. The number of hydrogen-bond donors (Lipinski definition) is 2. The molecule has 1 aliphatic rings. The van der Waals surface area contributed by atoms with E-state index in [0.29, 0.717) is 13.0 Å². The highest BCUT2D eigenvalue weighted by molar-refractivity contribution is 4.92. The van der Waals surface area contributed by atoms with Gasteiger partial charge in [-0.3, -0.25) is 0 Å². The second kappa shape index (κ2) is 2.81. The molecule has 9 heavy (non-hydrogen) atoms. The quantitative estimate of drug-likeness (QED) is 0.459. The molecule has 0 unspecified atom stereocenters. The number of aliphatic hydroxyl groups is 1. The first-order valence-corrected chi connectivity index (χ1v) is 3.13. The Morgan fingerprint density at radius 3 is 2.89 bits per heavy atom. The lowest BCUT2D eigenvalue weighted by atomic mass is 9.98. The highest BCUT2D eigenvalue weighted by Gasteiger charge is 2.21. The standard InChI is InChI=1S/C6H10N2O/c7-3-5-4-8-2-1-6(5)9/h5-6,8-9H,1-2,4H2/t5-,6+/m1/s1. The van der Waals surface area contributed by atoms with Crippen LogP contribution >= 0.6 is 0 Å². The van der Waals surface area contributed by atoms with E-state index in [2.05, 4.69) is 5.32 Å². The van der Waals surface area contributed by atoms with Gasteiger partial charge in [-0.15, -0.1) is 0 Å². The van der Waals surface area contributed by atoms with Gasteiger partial charge in [-0.05, 0) is 13.0 Å². The van der Waals surface area contributed by atoms with Crippen molar-refractivity contribution < 1.29 is 5.11 Å². The van der Waals surface area contributed by atoms with Crippen molar-refractivity contribution >= 4 is 0 Å². The van der Waals surface area contributed by atoms with E-state index in [1.807, 2.05) is 6.07 Å². The van der Waals surface area contributed by atoms with Gasteiger partial charge >= 0.3 is 0 Å². The first-order chi connectivity index (χ1) is 4.34. The molecule has 0 spiro atoms. The molecule has 0 amide bonds. The highest BCUT2D eigenvalue weighted by atomic mass is 16.3. The molecule has 0 bridgehead atoms. The van der Waals surface area contributed by atoms with Crippen LogP contribution in [0.5, 0.6) is 0 Å². The molecule has 0 aromatic heterocycles. The summed E-state index contributed by atoms with van der Waals surface area (Å²) in [5, 5.41) is 20.6. The van der Waals surface area contributed by atoms with Gasteiger partial charge < -0.3 is 10.4 Å². The maximum Gasteiger partial charge on any atom is 0.0847 e. The predicted molar refractivity (Wildman–Crippen MR) is 32.6 cm³/mol. The minimum Gasteiger partial charge on any atom is -0.392 e. The summed E-state index contributed by atoms with van der Waals surface area (Å²) in [5.41, 5.74) is 0. The van der Waals surface area contributed by atoms with Crippen LogP contribution in [-0.2, 0) is 0 Å². The fourth-order valence-electron chi connectivity index (χ4n) is 0.976. The van der Waals surface area contributed by atoms with Gasteiger partial charge in [-0.2, -0.15) is 5.26 Å². The SMILES string of the molecule is N#C[C@@H]1CNCC[C@@H]1O. The molecular formula is C6H10N2O. The zero-order valence-corrected chi connectivity index (χ0v) is 5.17. The molecule has 1 fully saturated rings. The topological polar surface area (TPSA) is 56.0 Å². The Labute approximate surface area is 54.3 Å². The van der Waals surface area contributed by atoms with E-state index in [-0.39, 0.29) is 5.92 Å². The Bertz CT molecular complexity index is 130. The molecule has 0 saturated carbocycles.